The van der Waals surface area contributed by atoms with Crippen molar-refractivity contribution < 1.29 is 50.2 Å². The van der Waals surface area contributed by atoms with Crippen molar-refractivity contribution in [1.82, 2.24) is 0 Å². The molecule has 0 fully saturated rings. The van der Waals surface area contributed by atoms with Crippen LogP contribution in [0.2, 0.25) is 0 Å². The van der Waals surface area contributed by atoms with E-state index in [1.807, 2.05) is 13.8 Å². The number of carbonyl (C=O) groups excluding carboxylic acids is 2. The van der Waals surface area contributed by atoms with Gasteiger partial charge in [0, 0.05) is 46.0 Å². The van der Waals surface area contributed by atoms with E-state index in [-0.39, 0.29) is 36.1 Å². The van der Waals surface area contributed by atoms with Crippen LogP contribution in [0.4, 0.5) is 11.4 Å². The van der Waals surface area contributed by atoms with E-state index in [0.29, 0.717) is 11.1 Å². The highest BCUT2D eigenvalue weighted by Crippen LogP contribution is 2.26. The Morgan fingerprint density at radius 3 is 1.27 bits per heavy atom. The van der Waals surface area contributed by atoms with Gasteiger partial charge in [-0.05, 0) is 49.2 Å². The van der Waals surface area contributed by atoms with Crippen molar-refractivity contribution in [2.75, 3.05) is 8.61 Å². The van der Waals surface area contributed by atoms with E-state index >= 15 is 0 Å². The van der Waals surface area contributed by atoms with Crippen molar-refractivity contribution in [2.24, 2.45) is 0 Å². The van der Waals surface area contributed by atoms with Gasteiger partial charge in [-0.2, -0.15) is 0 Å². The van der Waals surface area contributed by atoms with Crippen LogP contribution < -0.4 is 28.9 Å². The molecule has 0 aliphatic carbocycles. The van der Waals surface area contributed by atoms with Crippen LogP contribution in [0.15, 0.2) is 140 Å². The minimum atomic E-state index is -2.88. The average molecular weight is 839 g/mol. The number of benzene rings is 4. The first-order valence-corrected chi connectivity index (χ1v) is 19.7. The van der Waals surface area contributed by atoms with Gasteiger partial charge in [0.2, 0.25) is 22.4 Å². The lowest BCUT2D eigenvalue weighted by molar-refractivity contribution is 0.0337. The Balaban J connectivity index is 1.37. The summed E-state index contributed by atoms with van der Waals surface area (Å²) in [6.07, 6.45) is 0. The van der Waals surface area contributed by atoms with Crippen molar-refractivity contribution in [3.05, 3.63) is 187 Å². The van der Waals surface area contributed by atoms with Gasteiger partial charge in [0.15, 0.2) is 0 Å². The minimum Gasteiger partial charge on any atom is -0.755 e. The second-order valence-corrected chi connectivity index (χ2v) is 14.6. The first-order valence-electron chi connectivity index (χ1n) is 17.7. The molecule has 0 radical (unpaired) electrons. The molecule has 2 atom stereocenters. The Morgan fingerprint density at radius 1 is 0.576 bits per heavy atom. The fourth-order valence-electron chi connectivity index (χ4n) is 5.56. The molecule has 0 saturated carbocycles. The molecule has 4 aromatic carbocycles. The van der Waals surface area contributed by atoms with Gasteiger partial charge in [0.05, 0.1) is 13.1 Å². The SMILES string of the molecule is Cc1ccc(N(Cc2cc(=O)c(OCc3ccccc3)c(C(=O)OC(=O)c3oc(CN(c4ccc(C)cc4)S(=O)[O-])cc(=O)c3OCc3ccccc3)o2)S(=O)[O-])cc1. The molecule has 304 valence electrons. The topological polar surface area (TPSA) is 209 Å². The third-order valence-electron chi connectivity index (χ3n) is 8.52. The molecule has 2 heterocycles. The number of hydrogen-bond donors (Lipinski definition) is 0. The summed E-state index contributed by atoms with van der Waals surface area (Å²) in [7, 11) is 0. The lowest BCUT2D eigenvalue weighted by Gasteiger charge is -2.26. The standard InChI is InChI=1S/C42H36N2O13S2/c1-27-13-17-31(18-14-27)43(58(49)50)23-33-21-35(45)37(53-25-29-9-5-3-6-10-29)39(55-33)41(47)57-42(48)40-38(54-26-30-11-7-4-8-12-30)36(46)22-34(56-40)24-44(59(51)52)32-19-15-28(2)16-20-32/h3-22H,23-26H2,1-2H3,(H,49,50)(H,51,52)/p-2. The van der Waals surface area contributed by atoms with Crippen LogP contribution in [0.25, 0.3) is 0 Å². The maximum atomic E-state index is 13.9. The Kier molecular flexibility index (Phi) is 13.6. The second kappa shape index (κ2) is 19.2. The van der Waals surface area contributed by atoms with Crippen LogP contribution in [0.5, 0.6) is 11.5 Å². The highest BCUT2D eigenvalue weighted by atomic mass is 32.2. The van der Waals surface area contributed by atoms with Crippen molar-refractivity contribution in [3.63, 3.8) is 0 Å². The number of carbonyl (C=O) groups is 2. The van der Waals surface area contributed by atoms with E-state index < -0.39 is 81.4 Å². The highest BCUT2D eigenvalue weighted by Gasteiger charge is 2.30. The van der Waals surface area contributed by atoms with E-state index in [9.17, 15) is 36.7 Å². The van der Waals surface area contributed by atoms with Crippen molar-refractivity contribution in [2.45, 2.75) is 40.2 Å². The molecule has 0 bridgehead atoms. The van der Waals surface area contributed by atoms with Crippen molar-refractivity contribution >= 4 is 45.8 Å². The fourth-order valence-corrected chi connectivity index (χ4v) is 6.61. The van der Waals surface area contributed by atoms with E-state index in [1.165, 1.54) is 24.3 Å². The summed E-state index contributed by atoms with van der Waals surface area (Å²) < 4.78 is 79.1. The fraction of sp³-hybridized carbons (Fsp3) is 0.143. The highest BCUT2D eigenvalue weighted by molar-refractivity contribution is 7.80. The summed E-state index contributed by atoms with van der Waals surface area (Å²) >= 11 is -5.75. The lowest BCUT2D eigenvalue weighted by Crippen LogP contribution is -2.27. The third kappa shape index (κ3) is 10.8. The summed E-state index contributed by atoms with van der Waals surface area (Å²) in [6, 6.07) is 31.8. The van der Waals surface area contributed by atoms with Crippen molar-refractivity contribution in [1.29, 1.82) is 0 Å². The van der Waals surface area contributed by atoms with Crippen LogP contribution >= 0.6 is 0 Å². The summed E-state index contributed by atoms with van der Waals surface area (Å²) in [4.78, 5) is 54.9. The first kappa shape index (κ1) is 42.0. The molecule has 0 spiro atoms. The van der Waals surface area contributed by atoms with E-state index in [2.05, 4.69) is 0 Å². The Morgan fingerprint density at radius 2 is 0.932 bits per heavy atom. The second-order valence-electron chi connectivity index (χ2n) is 12.9. The van der Waals surface area contributed by atoms with Gasteiger partial charge in [0.1, 0.15) is 24.7 Å². The number of nitrogens with zero attached hydrogens (tertiary/aromatic N) is 2. The number of anilines is 2. The van der Waals surface area contributed by atoms with Crippen LogP contribution in [0, 0.1) is 13.8 Å². The van der Waals surface area contributed by atoms with Gasteiger partial charge in [0.25, 0.3) is 11.5 Å². The molecule has 0 aliphatic rings. The number of esters is 2. The number of aryl methyl sites for hydroxylation is 2. The summed E-state index contributed by atoms with van der Waals surface area (Å²) in [6.45, 7) is 2.04. The molecular formula is C42H34N2O13S2-2. The van der Waals surface area contributed by atoms with Gasteiger partial charge in [-0.15, -0.1) is 0 Å². The maximum Gasteiger partial charge on any atom is 0.386 e. The molecule has 6 rings (SSSR count). The zero-order valence-electron chi connectivity index (χ0n) is 31.4. The van der Waals surface area contributed by atoms with Gasteiger partial charge in [-0.3, -0.25) is 26.6 Å². The quantitative estimate of drug-likeness (QED) is 0.0626. The zero-order valence-corrected chi connectivity index (χ0v) is 33.0. The van der Waals surface area contributed by atoms with Crippen LogP contribution in [0.1, 0.15) is 54.9 Å². The van der Waals surface area contributed by atoms with E-state index in [4.69, 9.17) is 23.0 Å². The number of hydrogen-bond acceptors (Lipinski definition) is 13. The van der Waals surface area contributed by atoms with Gasteiger partial charge >= 0.3 is 11.9 Å². The van der Waals surface area contributed by atoms with E-state index in [0.717, 1.165) is 31.9 Å². The smallest absolute Gasteiger partial charge is 0.386 e. The molecule has 15 nitrogen and oxygen atoms in total. The third-order valence-corrected chi connectivity index (χ3v) is 9.92. The Hall–Kier alpha value is -6.66. The molecule has 2 unspecified atom stereocenters. The predicted molar refractivity (Wildman–Crippen MR) is 214 cm³/mol. The molecule has 6 aromatic rings. The Bertz CT molecular complexity index is 2420. The molecule has 2 aromatic heterocycles. The first-order chi connectivity index (χ1) is 28.4. The zero-order chi connectivity index (χ0) is 42.1. The van der Waals surface area contributed by atoms with Crippen LogP contribution in [-0.2, 0) is 53.6 Å². The summed E-state index contributed by atoms with van der Waals surface area (Å²) in [5.74, 6) is -6.95. The van der Waals surface area contributed by atoms with Gasteiger partial charge in [-0.1, -0.05) is 96.1 Å². The molecule has 0 N–H and O–H groups in total. The normalized spacial score (nSPS) is 11.9. The van der Waals surface area contributed by atoms with Crippen LogP contribution in [0.3, 0.4) is 0 Å². The van der Waals surface area contributed by atoms with Crippen molar-refractivity contribution in [3.8, 4) is 11.5 Å². The maximum absolute atomic E-state index is 13.9. The summed E-state index contributed by atoms with van der Waals surface area (Å²) in [5, 5.41) is 0. The van der Waals surface area contributed by atoms with Gasteiger partial charge in [-0.25, -0.2) is 9.59 Å². The number of rotatable bonds is 16. The molecule has 0 amide bonds. The number of ether oxygens (including phenoxy) is 3. The molecule has 0 aliphatic heterocycles. The molecule has 59 heavy (non-hydrogen) atoms. The van der Waals surface area contributed by atoms with E-state index in [1.54, 1.807) is 84.9 Å². The minimum absolute atomic E-state index is 0.218. The summed E-state index contributed by atoms with van der Waals surface area (Å²) in [5.41, 5.74) is 1.50. The average Bonchev–Trinajstić information content (AvgIpc) is 3.22. The molecule has 0 saturated heterocycles. The monoisotopic (exact) mass is 838 g/mol. The predicted octanol–water partition coefficient (Wildman–Crippen LogP) is 5.97. The van der Waals surface area contributed by atoms with Crippen LogP contribution in [-0.4, -0.2) is 29.5 Å². The largest absolute Gasteiger partial charge is 0.755 e. The lowest BCUT2D eigenvalue weighted by atomic mass is 10.2. The molecule has 17 heteroatoms. The van der Waals surface area contributed by atoms with Gasteiger partial charge < -0.3 is 32.2 Å². The molecular weight excluding hydrogens is 805 g/mol. The Labute approximate surface area is 342 Å².